The largest absolute Gasteiger partial charge is 0.677 e. The van der Waals surface area contributed by atoms with E-state index in [1.54, 1.807) is 20.8 Å². The fraction of sp³-hybridized carbons (Fsp3) is 0.253. The van der Waals surface area contributed by atoms with Crippen molar-refractivity contribution in [1.82, 2.24) is 4.48 Å². The van der Waals surface area contributed by atoms with Gasteiger partial charge in [-0.25, -0.2) is 9.59 Å². The van der Waals surface area contributed by atoms with Crippen molar-refractivity contribution in [2.24, 2.45) is 4.99 Å². The van der Waals surface area contributed by atoms with Crippen LogP contribution in [0.5, 0.6) is 0 Å². The number of aromatic nitrogens is 1. The topological polar surface area (TPSA) is 122 Å². The lowest BCUT2D eigenvalue weighted by molar-refractivity contribution is -0.145. The minimum absolute atomic E-state index is 0.00800. The Kier molecular flexibility index (Phi) is 17.2. The second kappa shape index (κ2) is 25.9. The first-order valence-electron chi connectivity index (χ1n) is 32.1. The lowest BCUT2D eigenvalue weighted by Gasteiger charge is -2.20. The molecular formula is C79H71BF2N2O8. The number of aliphatic imine (C=N–C) groups is 1. The number of rotatable bonds is 23. The van der Waals surface area contributed by atoms with Crippen LogP contribution in [-0.2, 0) is 46.2 Å². The first-order valence-corrected chi connectivity index (χ1v) is 32.1. The summed E-state index contributed by atoms with van der Waals surface area (Å²) in [5.74, 6) is -1.96. The highest BCUT2D eigenvalue weighted by Crippen LogP contribution is 2.45. The molecule has 0 aliphatic carbocycles. The highest BCUT2D eigenvalue weighted by atomic mass is 19.2. The van der Waals surface area contributed by atoms with Crippen LogP contribution < -0.4 is 0 Å². The minimum Gasteiger partial charge on any atom is -0.466 e. The van der Waals surface area contributed by atoms with Crippen LogP contribution in [0.4, 0.5) is 8.63 Å². The molecule has 10 nitrogen and oxygen atoms in total. The molecule has 0 bridgehead atoms. The summed E-state index contributed by atoms with van der Waals surface area (Å²) in [6.45, 7) is 10.6. The average molecular weight is 1230 g/mol. The Labute approximate surface area is 533 Å². The number of nitrogens with zero attached hydrogens (tertiary/aromatic N) is 2. The molecule has 0 fully saturated rings. The van der Waals surface area contributed by atoms with Crippen molar-refractivity contribution in [1.29, 1.82) is 0 Å². The average Bonchev–Trinajstić information content (AvgIpc) is 0.963. The maximum absolute atomic E-state index is 15.6. The van der Waals surface area contributed by atoms with E-state index in [0.717, 1.165) is 22.0 Å². The van der Waals surface area contributed by atoms with Crippen LogP contribution in [0.15, 0.2) is 173 Å². The van der Waals surface area contributed by atoms with Gasteiger partial charge < -0.3 is 23.4 Å². The summed E-state index contributed by atoms with van der Waals surface area (Å²) < 4.78 is 54.9. The zero-order valence-corrected chi connectivity index (χ0v) is 52.8. The smallest absolute Gasteiger partial charge is 0.466 e. The van der Waals surface area contributed by atoms with Gasteiger partial charge in [-0.3, -0.25) is 23.2 Å². The Morgan fingerprint density at radius 1 is 0.435 bits per heavy atom. The Morgan fingerprint density at radius 3 is 1.28 bits per heavy atom. The van der Waals surface area contributed by atoms with Crippen molar-refractivity contribution >= 4 is 129 Å². The van der Waals surface area contributed by atoms with Gasteiger partial charge in [-0.2, -0.15) is 0 Å². The predicted molar refractivity (Wildman–Crippen MR) is 368 cm³/mol. The van der Waals surface area contributed by atoms with Crippen molar-refractivity contribution in [3.8, 4) is 0 Å². The summed E-state index contributed by atoms with van der Waals surface area (Å²) >= 11 is 0. The normalized spacial score (nSPS) is 13.3. The Morgan fingerprint density at radius 2 is 0.826 bits per heavy atom. The van der Waals surface area contributed by atoms with Crippen molar-refractivity contribution in [2.75, 3.05) is 26.4 Å². The number of hydrogen-bond acceptors (Lipinski definition) is 9. The molecule has 0 atom stereocenters. The van der Waals surface area contributed by atoms with Gasteiger partial charge in [0.2, 0.25) is 0 Å². The molecule has 1 aliphatic rings. The third-order valence-corrected chi connectivity index (χ3v) is 18.8. The predicted octanol–water partition coefficient (Wildman–Crippen LogP) is 18.5. The number of ether oxygens (including phenoxy) is 4. The van der Waals surface area contributed by atoms with E-state index in [2.05, 4.69) is 133 Å². The van der Waals surface area contributed by atoms with Gasteiger partial charge in [0, 0.05) is 29.8 Å². The molecule has 2 heterocycles. The standard InChI is InChI=1S/C79H71BF2N2O8/c1-46-20-11-21-47(2)68(46)75(76-48(3)69(50(5)83-76)78(87)91-44-9-7-42-89-66(85)36-16-22-52-38-40-64-60-32-14-26-54-24-12-30-58(71(54)60)62-34-18-28-56(52)73(62)64)77-49(4)70(51(6)84(77)80(81)82)79(88)92-45-10-8-43-90-67(86)37-17-23-53-39-41-65-61-33-15-27-55-25-13-31-59(72(55)61)63-35-19-29-57(53)74(63)65/h11-15,18-21,24-35,38-41H,7-10,16-17,22-23,36-37,42-45H2,1-6H3/b76-75-. The molecule has 1 aromatic heterocycles. The van der Waals surface area contributed by atoms with Gasteiger partial charge in [0.25, 0.3) is 0 Å². The maximum atomic E-state index is 15.6. The van der Waals surface area contributed by atoms with Crippen molar-refractivity contribution in [3.63, 3.8) is 0 Å². The van der Waals surface area contributed by atoms with E-state index < -0.39 is 19.3 Å². The fourth-order valence-corrected chi connectivity index (χ4v) is 14.6. The highest BCUT2D eigenvalue weighted by molar-refractivity contribution is 6.42. The lowest BCUT2D eigenvalue weighted by atomic mass is 9.87. The van der Waals surface area contributed by atoms with E-state index in [9.17, 15) is 19.2 Å². The Hall–Kier alpha value is -9.75. The number of hydrogen-bond donors (Lipinski definition) is 0. The number of allylic oxidation sites excluding steroid dienone is 1. The molecule has 0 saturated heterocycles. The number of unbranched alkanes of at least 4 members (excludes halogenated alkanes) is 2. The van der Waals surface area contributed by atoms with E-state index in [4.69, 9.17) is 23.9 Å². The molecule has 462 valence electrons. The van der Waals surface area contributed by atoms with E-state index in [1.165, 1.54) is 104 Å². The van der Waals surface area contributed by atoms with E-state index in [-0.39, 0.29) is 79.3 Å². The quantitative estimate of drug-likeness (QED) is 0.0155. The molecule has 0 radical (unpaired) electrons. The SMILES string of the molecule is CC1=N/C(=C(/c2c(C)cccc2C)c2c(C)c(C(=O)OCCCCOC(=O)CCCc3ccc4c5cccc6cccc(c7cccc3c74)c65)c(C)n2B(F)F)C(C)=C1C(=O)OCCCCOC(=O)CCCc1ccc2c3cccc4cccc(c5cccc1c52)c43. The number of carbonyl (C=O) groups is 4. The molecule has 11 aromatic carbocycles. The van der Waals surface area contributed by atoms with E-state index >= 15 is 8.63 Å². The maximum Gasteiger partial charge on any atom is 0.677 e. The second-order valence-electron chi connectivity index (χ2n) is 24.5. The molecular weight excluding hydrogens is 1150 g/mol. The number of fused-ring (bicyclic) bond motifs is 4. The van der Waals surface area contributed by atoms with Crippen molar-refractivity contribution < 1.29 is 46.8 Å². The summed E-state index contributed by atoms with van der Waals surface area (Å²) in [4.78, 5) is 58.9. The molecule has 92 heavy (non-hydrogen) atoms. The highest BCUT2D eigenvalue weighted by Gasteiger charge is 2.37. The summed E-state index contributed by atoms with van der Waals surface area (Å²) in [6, 6.07) is 53.3. The van der Waals surface area contributed by atoms with Crippen LogP contribution in [0.2, 0.25) is 0 Å². The zero-order valence-electron chi connectivity index (χ0n) is 52.8. The minimum atomic E-state index is -3.06. The first kappa shape index (κ1) is 61.1. The molecule has 13 rings (SSSR count). The number of aryl methyl sites for hydroxylation is 4. The molecule has 0 spiro atoms. The third kappa shape index (κ3) is 11.2. The first-order chi connectivity index (χ1) is 44.7. The van der Waals surface area contributed by atoms with Gasteiger partial charge in [-0.15, -0.1) is 0 Å². The molecule has 0 unspecified atom stereocenters. The Balaban J connectivity index is 0.608. The number of esters is 4. The molecule has 13 heteroatoms. The molecule has 1 aliphatic heterocycles. The van der Waals surface area contributed by atoms with Crippen LogP contribution in [0.3, 0.4) is 0 Å². The van der Waals surface area contributed by atoms with E-state index in [0.29, 0.717) is 73.1 Å². The summed E-state index contributed by atoms with van der Waals surface area (Å²) in [7, 11) is -3.06. The number of halogens is 2. The lowest BCUT2D eigenvalue weighted by Crippen LogP contribution is -2.19. The van der Waals surface area contributed by atoms with Gasteiger partial charge >= 0.3 is 31.3 Å². The van der Waals surface area contributed by atoms with Crippen LogP contribution in [0.25, 0.3) is 91.8 Å². The third-order valence-electron chi connectivity index (χ3n) is 18.8. The van der Waals surface area contributed by atoms with Gasteiger partial charge in [0.1, 0.15) is 0 Å². The van der Waals surface area contributed by atoms with Crippen LogP contribution in [0.1, 0.15) is 120 Å². The Bertz CT molecular complexity index is 4920. The van der Waals surface area contributed by atoms with Gasteiger partial charge in [-0.1, -0.05) is 152 Å². The summed E-state index contributed by atoms with van der Waals surface area (Å²) in [5.41, 5.74) is 6.64. The summed E-state index contributed by atoms with van der Waals surface area (Å²) in [6.07, 6.45) is 4.93. The zero-order chi connectivity index (χ0) is 63.9. The van der Waals surface area contributed by atoms with Gasteiger partial charge in [-0.05, 0) is 218 Å². The molecule has 12 aromatic rings. The second-order valence-corrected chi connectivity index (χ2v) is 24.5. The van der Waals surface area contributed by atoms with Crippen LogP contribution in [-0.4, -0.2) is 67.9 Å². The van der Waals surface area contributed by atoms with Crippen molar-refractivity contribution in [2.45, 2.75) is 106 Å². The van der Waals surface area contributed by atoms with Gasteiger partial charge in [0.15, 0.2) is 0 Å². The van der Waals surface area contributed by atoms with E-state index in [1.807, 2.05) is 32.0 Å². The van der Waals surface area contributed by atoms with Crippen LogP contribution >= 0.6 is 0 Å². The van der Waals surface area contributed by atoms with Gasteiger partial charge in [0.05, 0.1) is 49.0 Å². The molecule has 0 amide bonds. The fourth-order valence-electron chi connectivity index (χ4n) is 14.6. The van der Waals surface area contributed by atoms with Crippen molar-refractivity contribution in [3.05, 3.63) is 219 Å². The summed E-state index contributed by atoms with van der Waals surface area (Å²) in [5, 5.41) is 19.7. The molecule has 0 saturated carbocycles. The monoisotopic (exact) mass is 1220 g/mol. The number of carbonyl (C=O) groups excluding carboxylic acids is 4. The molecule has 0 N–H and O–H groups in total. The van der Waals surface area contributed by atoms with Crippen LogP contribution in [0, 0.1) is 27.7 Å². The number of benzene rings is 11.